The average Bonchev–Trinajstić information content (AvgIpc) is 3.36. The minimum atomic E-state index is 0.0590. The van der Waals surface area contributed by atoms with Crippen LogP contribution in [0.1, 0.15) is 29.7 Å². The summed E-state index contributed by atoms with van der Waals surface area (Å²) < 4.78 is 2.17. The second-order valence-electron chi connectivity index (χ2n) is 6.90. The quantitative estimate of drug-likeness (QED) is 0.399. The van der Waals surface area contributed by atoms with Gasteiger partial charge in [0.05, 0.1) is 16.6 Å². The molecule has 0 fully saturated rings. The van der Waals surface area contributed by atoms with Crippen molar-refractivity contribution in [3.8, 4) is 22.5 Å². The number of aromatic nitrogens is 4. The van der Waals surface area contributed by atoms with E-state index in [1.807, 2.05) is 43.6 Å². The number of hydrogen-bond donors (Lipinski definition) is 2. The van der Waals surface area contributed by atoms with Crippen LogP contribution >= 0.6 is 12.6 Å². The van der Waals surface area contributed by atoms with Gasteiger partial charge in [0, 0.05) is 30.1 Å². The highest BCUT2D eigenvalue weighted by molar-refractivity contribution is 7.80. The molecule has 4 nitrogen and oxygen atoms in total. The lowest BCUT2D eigenvalue weighted by Gasteiger charge is -2.09. The van der Waals surface area contributed by atoms with E-state index in [0.717, 1.165) is 53.5 Å². The second kappa shape index (κ2) is 8.48. The molecule has 0 aliphatic carbocycles. The maximum absolute atomic E-state index is 4.94. The summed E-state index contributed by atoms with van der Waals surface area (Å²) in [6.07, 6.45) is 5.83. The van der Waals surface area contributed by atoms with Gasteiger partial charge < -0.3 is 9.55 Å². The summed E-state index contributed by atoms with van der Waals surface area (Å²) in [5, 5.41) is 0.0590. The van der Waals surface area contributed by atoms with Gasteiger partial charge in [-0.25, -0.2) is 9.97 Å². The topological polar surface area (TPSA) is 46.5 Å². The Bertz CT molecular complexity index is 964. The Hall–Kier alpha value is -2.79. The minimum Gasteiger partial charge on any atom is -0.341 e. The summed E-state index contributed by atoms with van der Waals surface area (Å²) in [7, 11) is 0. The fourth-order valence-electron chi connectivity index (χ4n) is 3.40. The van der Waals surface area contributed by atoms with Gasteiger partial charge in [0.15, 0.2) is 0 Å². The minimum absolute atomic E-state index is 0.0590. The van der Waals surface area contributed by atoms with E-state index in [9.17, 15) is 0 Å². The molecule has 0 aliphatic rings. The van der Waals surface area contributed by atoms with Crippen LogP contribution in [0.25, 0.3) is 22.5 Å². The summed E-state index contributed by atoms with van der Waals surface area (Å²) >= 11 is 4.84. The lowest BCUT2D eigenvalue weighted by Crippen LogP contribution is -2.01. The number of aryl methyl sites for hydroxylation is 2. The van der Waals surface area contributed by atoms with Gasteiger partial charge in [-0.05, 0) is 19.8 Å². The molecule has 1 N–H and O–H groups in total. The first-order chi connectivity index (χ1) is 13.7. The van der Waals surface area contributed by atoms with Crippen LogP contribution in [0.3, 0.4) is 0 Å². The molecule has 0 amide bonds. The van der Waals surface area contributed by atoms with Gasteiger partial charge in [0.25, 0.3) is 0 Å². The van der Waals surface area contributed by atoms with E-state index in [2.05, 4.69) is 50.9 Å². The van der Waals surface area contributed by atoms with Gasteiger partial charge in [-0.2, -0.15) is 12.6 Å². The summed E-state index contributed by atoms with van der Waals surface area (Å²) in [5.74, 6) is 1.97. The number of aromatic amines is 1. The number of H-pyrrole nitrogens is 1. The zero-order valence-electron chi connectivity index (χ0n) is 15.9. The number of thiol groups is 1. The highest BCUT2D eigenvalue weighted by Gasteiger charge is 2.18. The molecule has 0 saturated carbocycles. The fourth-order valence-corrected chi connectivity index (χ4v) is 3.70. The number of imidazole rings is 2. The van der Waals surface area contributed by atoms with Crippen LogP contribution in [0.2, 0.25) is 0 Å². The third-order valence-electron chi connectivity index (χ3n) is 4.95. The predicted molar refractivity (Wildman–Crippen MR) is 117 cm³/mol. The van der Waals surface area contributed by atoms with Crippen LogP contribution in [0, 0.1) is 6.92 Å². The fraction of sp³-hybridized carbons (Fsp3) is 0.217. The summed E-state index contributed by atoms with van der Waals surface area (Å²) in [4.78, 5) is 12.8. The maximum Gasteiger partial charge on any atom is 0.120 e. The molecule has 0 bridgehead atoms. The molecule has 142 valence electrons. The first-order valence-corrected chi connectivity index (χ1v) is 10.1. The van der Waals surface area contributed by atoms with E-state index in [1.54, 1.807) is 0 Å². The number of hydrogen-bond acceptors (Lipinski definition) is 3. The van der Waals surface area contributed by atoms with E-state index in [1.165, 1.54) is 0 Å². The maximum atomic E-state index is 4.94. The van der Waals surface area contributed by atoms with Crippen molar-refractivity contribution in [2.24, 2.45) is 0 Å². The lowest BCUT2D eigenvalue weighted by molar-refractivity contribution is 0.587. The Labute approximate surface area is 171 Å². The summed E-state index contributed by atoms with van der Waals surface area (Å²) in [5.41, 5.74) is 4.27. The molecule has 28 heavy (non-hydrogen) atoms. The van der Waals surface area contributed by atoms with Crippen molar-refractivity contribution in [1.82, 2.24) is 19.5 Å². The molecule has 2 heterocycles. The van der Waals surface area contributed by atoms with Crippen LogP contribution in [0.15, 0.2) is 73.1 Å². The Morgan fingerprint density at radius 3 is 2.32 bits per heavy atom. The molecular weight excluding hydrogens is 364 g/mol. The molecule has 0 saturated heterocycles. The van der Waals surface area contributed by atoms with Crippen molar-refractivity contribution in [3.05, 3.63) is 84.7 Å². The summed E-state index contributed by atoms with van der Waals surface area (Å²) in [6, 6.07) is 20.7. The Morgan fingerprint density at radius 1 is 1.00 bits per heavy atom. The molecule has 4 aromatic rings. The van der Waals surface area contributed by atoms with Gasteiger partial charge in [-0.3, -0.25) is 0 Å². The summed E-state index contributed by atoms with van der Waals surface area (Å²) in [6.45, 7) is 2.98. The molecule has 4 rings (SSSR count). The van der Waals surface area contributed by atoms with Crippen molar-refractivity contribution in [2.45, 2.75) is 31.6 Å². The lowest BCUT2D eigenvalue weighted by atomic mass is 10.1. The normalized spacial score (nSPS) is 12.2. The van der Waals surface area contributed by atoms with Crippen LogP contribution in [-0.4, -0.2) is 19.5 Å². The number of benzene rings is 2. The second-order valence-corrected chi connectivity index (χ2v) is 7.53. The molecule has 0 radical (unpaired) electrons. The van der Waals surface area contributed by atoms with Gasteiger partial charge in [0.2, 0.25) is 0 Å². The Balaban J connectivity index is 1.57. The highest BCUT2D eigenvalue weighted by atomic mass is 32.1. The van der Waals surface area contributed by atoms with Crippen LogP contribution in [0.5, 0.6) is 0 Å². The third kappa shape index (κ3) is 4.04. The highest BCUT2D eigenvalue weighted by Crippen LogP contribution is 2.33. The molecular formula is C23H24N4S. The Kier molecular flexibility index (Phi) is 5.63. The van der Waals surface area contributed by atoms with E-state index < -0.39 is 0 Å². The zero-order chi connectivity index (χ0) is 19.3. The van der Waals surface area contributed by atoms with Gasteiger partial charge >= 0.3 is 0 Å². The van der Waals surface area contributed by atoms with Gasteiger partial charge in [0.1, 0.15) is 11.6 Å². The van der Waals surface area contributed by atoms with E-state index in [-0.39, 0.29) is 5.25 Å². The molecule has 2 aromatic carbocycles. The third-order valence-corrected chi connectivity index (χ3v) is 5.45. The smallest absolute Gasteiger partial charge is 0.120 e. The molecule has 0 spiro atoms. The van der Waals surface area contributed by atoms with E-state index in [0.29, 0.717) is 0 Å². The largest absolute Gasteiger partial charge is 0.341 e. The first kappa shape index (κ1) is 18.6. The molecule has 5 heteroatoms. The van der Waals surface area contributed by atoms with E-state index in [4.69, 9.17) is 17.6 Å². The van der Waals surface area contributed by atoms with Crippen molar-refractivity contribution in [3.63, 3.8) is 0 Å². The number of rotatable bonds is 7. The molecule has 1 unspecified atom stereocenters. The number of nitrogens with one attached hydrogen (secondary N) is 1. The Morgan fingerprint density at radius 2 is 1.68 bits per heavy atom. The van der Waals surface area contributed by atoms with Crippen LogP contribution in [0.4, 0.5) is 0 Å². The monoisotopic (exact) mass is 388 g/mol. The van der Waals surface area contributed by atoms with Crippen molar-refractivity contribution >= 4 is 12.6 Å². The van der Waals surface area contributed by atoms with Gasteiger partial charge in [-0.1, -0.05) is 60.7 Å². The standard InChI is InChI=1S/C23H24N4S/c1-17-24-14-16-27(17)15-8-13-20(28)23-25-21(18-9-4-2-5-10-18)22(26-23)19-11-6-3-7-12-19/h2-7,9-12,14,16,20,28H,8,13,15H2,1H3,(H,25,26). The average molecular weight is 389 g/mol. The molecule has 1 atom stereocenters. The van der Waals surface area contributed by atoms with Crippen LogP contribution < -0.4 is 0 Å². The predicted octanol–water partition coefficient (Wildman–Crippen LogP) is 5.70. The number of nitrogens with zero attached hydrogens (tertiary/aromatic N) is 3. The van der Waals surface area contributed by atoms with Crippen molar-refractivity contribution < 1.29 is 0 Å². The first-order valence-electron chi connectivity index (χ1n) is 9.59. The van der Waals surface area contributed by atoms with Crippen molar-refractivity contribution in [2.75, 3.05) is 0 Å². The SMILES string of the molecule is Cc1nccn1CCCC(S)c1nc(-c2ccccc2)c(-c2ccccc2)[nH]1. The molecule has 0 aliphatic heterocycles. The molecule has 2 aromatic heterocycles. The van der Waals surface area contributed by atoms with Crippen LogP contribution in [-0.2, 0) is 6.54 Å². The van der Waals surface area contributed by atoms with Gasteiger partial charge in [-0.15, -0.1) is 0 Å². The van der Waals surface area contributed by atoms with E-state index >= 15 is 0 Å². The zero-order valence-corrected chi connectivity index (χ0v) is 16.8. The van der Waals surface area contributed by atoms with Crippen molar-refractivity contribution in [1.29, 1.82) is 0 Å².